The molecule has 0 atom stereocenters. The normalized spacial score (nSPS) is 10.9. The first kappa shape index (κ1) is 13.0. The van der Waals surface area contributed by atoms with Crippen LogP contribution in [0.15, 0.2) is 34.8 Å². The Morgan fingerprint density at radius 1 is 1.17 bits per heavy atom. The summed E-state index contributed by atoms with van der Waals surface area (Å²) in [7, 11) is 3.95. The van der Waals surface area contributed by atoms with Gasteiger partial charge in [-0.15, -0.1) is 0 Å². The summed E-state index contributed by atoms with van der Waals surface area (Å²) < 4.78 is 0.746. The van der Waals surface area contributed by atoms with E-state index in [-0.39, 0.29) is 0 Å². The van der Waals surface area contributed by atoms with Gasteiger partial charge in [-0.25, -0.2) is 9.97 Å². The number of benzene rings is 1. The van der Waals surface area contributed by atoms with Gasteiger partial charge in [0, 0.05) is 5.56 Å². The molecule has 2 N–H and O–H groups in total. The Morgan fingerprint density at radius 3 is 2.44 bits per heavy atom. The predicted molar refractivity (Wildman–Crippen MR) is 77.0 cm³/mol. The number of aromatic nitrogens is 2. The van der Waals surface area contributed by atoms with Crippen molar-refractivity contribution in [3.8, 4) is 11.3 Å². The van der Waals surface area contributed by atoms with E-state index in [1.165, 1.54) is 0 Å². The molecule has 0 aliphatic rings. The third-order valence-corrected chi connectivity index (χ3v) is 3.21. The quantitative estimate of drug-likeness (QED) is 0.947. The average molecular weight is 307 g/mol. The molecule has 0 aliphatic heterocycles. The van der Waals surface area contributed by atoms with Gasteiger partial charge in [0.2, 0.25) is 0 Å². The van der Waals surface area contributed by atoms with Crippen LogP contribution in [-0.4, -0.2) is 29.0 Å². The molecule has 0 fully saturated rings. The summed E-state index contributed by atoms with van der Waals surface area (Å²) in [6.07, 6.45) is 0. The highest BCUT2D eigenvalue weighted by atomic mass is 79.9. The van der Waals surface area contributed by atoms with Crippen LogP contribution in [0.5, 0.6) is 0 Å². The summed E-state index contributed by atoms with van der Waals surface area (Å²) in [6, 6.07) is 9.94. The van der Waals surface area contributed by atoms with Gasteiger partial charge in [0.1, 0.15) is 11.6 Å². The van der Waals surface area contributed by atoms with Crippen molar-refractivity contribution >= 4 is 21.7 Å². The zero-order chi connectivity index (χ0) is 13.1. The maximum Gasteiger partial charge on any atom is 0.145 e. The summed E-state index contributed by atoms with van der Waals surface area (Å²) in [5.74, 6) is 1.19. The fourth-order valence-electron chi connectivity index (χ4n) is 1.65. The maximum atomic E-state index is 5.92. The summed E-state index contributed by atoms with van der Waals surface area (Å²) in [5, 5.41) is 0. The van der Waals surface area contributed by atoms with Crippen LogP contribution in [0.4, 0.5) is 5.82 Å². The third kappa shape index (κ3) is 2.86. The van der Waals surface area contributed by atoms with Gasteiger partial charge >= 0.3 is 0 Å². The molecule has 0 aliphatic carbocycles. The first-order valence-electron chi connectivity index (χ1n) is 5.60. The SMILES string of the molecule is CN(C)Cc1nc(N)c(Br)c(-c2ccccc2)n1. The van der Waals surface area contributed by atoms with Crippen molar-refractivity contribution < 1.29 is 0 Å². The maximum absolute atomic E-state index is 5.92. The van der Waals surface area contributed by atoms with Crippen molar-refractivity contribution in [1.82, 2.24) is 14.9 Å². The summed E-state index contributed by atoms with van der Waals surface area (Å²) in [6.45, 7) is 0.664. The highest BCUT2D eigenvalue weighted by Gasteiger charge is 2.12. The smallest absolute Gasteiger partial charge is 0.145 e. The van der Waals surface area contributed by atoms with Crippen LogP contribution < -0.4 is 5.73 Å². The van der Waals surface area contributed by atoms with Gasteiger partial charge in [-0.3, -0.25) is 0 Å². The number of halogens is 1. The van der Waals surface area contributed by atoms with Gasteiger partial charge in [0.05, 0.1) is 16.7 Å². The molecule has 2 rings (SSSR count). The minimum atomic E-state index is 0.473. The highest BCUT2D eigenvalue weighted by molar-refractivity contribution is 9.10. The largest absolute Gasteiger partial charge is 0.383 e. The van der Waals surface area contributed by atoms with Crippen molar-refractivity contribution in [2.75, 3.05) is 19.8 Å². The van der Waals surface area contributed by atoms with Crippen molar-refractivity contribution in [2.45, 2.75) is 6.54 Å². The number of nitrogens with zero attached hydrogens (tertiary/aromatic N) is 3. The Kier molecular flexibility index (Phi) is 3.93. The molecule has 94 valence electrons. The van der Waals surface area contributed by atoms with E-state index in [4.69, 9.17) is 5.73 Å². The highest BCUT2D eigenvalue weighted by Crippen LogP contribution is 2.29. The third-order valence-electron chi connectivity index (χ3n) is 2.43. The fourth-order valence-corrected chi connectivity index (χ4v) is 2.06. The average Bonchev–Trinajstić information content (AvgIpc) is 2.34. The number of nitrogens with two attached hydrogens (primary N) is 1. The molecule has 0 unspecified atom stereocenters. The number of rotatable bonds is 3. The number of hydrogen-bond donors (Lipinski definition) is 1. The van der Waals surface area contributed by atoms with Crippen molar-refractivity contribution in [3.05, 3.63) is 40.6 Å². The van der Waals surface area contributed by atoms with Crippen LogP contribution in [0.3, 0.4) is 0 Å². The van der Waals surface area contributed by atoms with E-state index in [1.54, 1.807) is 0 Å². The molecule has 0 saturated carbocycles. The zero-order valence-electron chi connectivity index (χ0n) is 10.4. The lowest BCUT2D eigenvalue weighted by atomic mass is 10.1. The minimum Gasteiger partial charge on any atom is -0.383 e. The van der Waals surface area contributed by atoms with Crippen LogP contribution in [0.1, 0.15) is 5.82 Å². The van der Waals surface area contributed by atoms with E-state index in [0.717, 1.165) is 21.6 Å². The van der Waals surface area contributed by atoms with Gasteiger partial charge in [0.15, 0.2) is 0 Å². The van der Waals surface area contributed by atoms with Crippen molar-refractivity contribution in [3.63, 3.8) is 0 Å². The zero-order valence-corrected chi connectivity index (χ0v) is 12.0. The number of anilines is 1. The Hall–Kier alpha value is -1.46. The van der Waals surface area contributed by atoms with E-state index < -0.39 is 0 Å². The van der Waals surface area contributed by atoms with Crippen molar-refractivity contribution in [1.29, 1.82) is 0 Å². The summed E-state index contributed by atoms with van der Waals surface area (Å²) in [5.41, 5.74) is 7.78. The molecule has 5 heteroatoms. The lowest BCUT2D eigenvalue weighted by molar-refractivity contribution is 0.390. The Balaban J connectivity index is 2.49. The van der Waals surface area contributed by atoms with Gasteiger partial charge in [-0.1, -0.05) is 30.3 Å². The van der Waals surface area contributed by atoms with E-state index in [2.05, 4.69) is 25.9 Å². The second-order valence-electron chi connectivity index (χ2n) is 4.29. The molecule has 0 spiro atoms. The van der Waals surface area contributed by atoms with Gasteiger partial charge in [-0.05, 0) is 30.0 Å². The number of nitrogen functional groups attached to an aromatic ring is 1. The van der Waals surface area contributed by atoms with Crippen molar-refractivity contribution in [2.24, 2.45) is 0 Å². The van der Waals surface area contributed by atoms with Crippen LogP contribution in [0.25, 0.3) is 11.3 Å². The topological polar surface area (TPSA) is 55.0 Å². The van der Waals surface area contributed by atoms with E-state index >= 15 is 0 Å². The van der Waals surface area contributed by atoms with Gasteiger partial charge in [0.25, 0.3) is 0 Å². The van der Waals surface area contributed by atoms with Gasteiger partial charge in [-0.2, -0.15) is 0 Å². The molecule has 1 aromatic heterocycles. The molecule has 0 amide bonds. The molecule has 1 aromatic carbocycles. The fraction of sp³-hybridized carbons (Fsp3) is 0.231. The second kappa shape index (κ2) is 5.46. The van der Waals surface area contributed by atoms with Crippen LogP contribution >= 0.6 is 15.9 Å². The molecule has 18 heavy (non-hydrogen) atoms. The van der Waals surface area contributed by atoms with E-state index in [1.807, 2.05) is 49.3 Å². The number of hydrogen-bond acceptors (Lipinski definition) is 4. The predicted octanol–water partition coefficient (Wildman–Crippen LogP) is 2.55. The van der Waals surface area contributed by atoms with Crippen LogP contribution in [0.2, 0.25) is 0 Å². The monoisotopic (exact) mass is 306 g/mol. The Labute approximate surface area is 115 Å². The lowest BCUT2D eigenvalue weighted by Crippen LogP contribution is -2.14. The van der Waals surface area contributed by atoms with E-state index in [9.17, 15) is 0 Å². The summed E-state index contributed by atoms with van der Waals surface area (Å²) in [4.78, 5) is 10.9. The standard InChI is InChI=1S/C13H15BrN4/c1-18(2)8-10-16-12(11(14)13(15)17-10)9-6-4-3-5-7-9/h3-7H,8H2,1-2H3,(H2,15,16,17). The molecular weight excluding hydrogens is 292 g/mol. The molecule has 2 aromatic rings. The summed E-state index contributed by atoms with van der Waals surface area (Å²) >= 11 is 3.45. The van der Waals surface area contributed by atoms with Crippen LogP contribution in [0, 0.1) is 0 Å². The molecular formula is C13H15BrN4. The molecule has 0 saturated heterocycles. The first-order valence-corrected chi connectivity index (χ1v) is 6.39. The second-order valence-corrected chi connectivity index (χ2v) is 5.08. The molecule has 0 radical (unpaired) electrons. The molecule has 4 nitrogen and oxygen atoms in total. The first-order chi connectivity index (χ1) is 8.58. The molecule has 1 heterocycles. The Morgan fingerprint density at radius 2 is 1.83 bits per heavy atom. The Bertz CT molecular complexity index is 540. The van der Waals surface area contributed by atoms with E-state index in [0.29, 0.717) is 12.4 Å². The van der Waals surface area contributed by atoms with Crippen LogP contribution in [-0.2, 0) is 6.54 Å². The minimum absolute atomic E-state index is 0.473. The lowest BCUT2D eigenvalue weighted by Gasteiger charge is -2.12. The molecule has 0 bridgehead atoms. The van der Waals surface area contributed by atoms with Gasteiger partial charge < -0.3 is 10.6 Å².